The maximum absolute atomic E-state index is 12.6. The van der Waals surface area contributed by atoms with Crippen molar-refractivity contribution in [3.63, 3.8) is 0 Å². The lowest BCUT2D eigenvalue weighted by molar-refractivity contribution is -0.142. The summed E-state index contributed by atoms with van der Waals surface area (Å²) < 4.78 is 5.12. The molecule has 0 saturated carbocycles. The number of fused-ring (bicyclic) bond motifs is 1. The van der Waals surface area contributed by atoms with Gasteiger partial charge < -0.3 is 19.5 Å². The monoisotopic (exact) mass is 318 g/mol. The van der Waals surface area contributed by atoms with Gasteiger partial charge in [-0.3, -0.25) is 4.79 Å². The summed E-state index contributed by atoms with van der Waals surface area (Å²) in [5.74, 6) is -1.08. The zero-order chi connectivity index (χ0) is 16.6. The molecule has 0 fully saturated rings. The highest BCUT2D eigenvalue weighted by molar-refractivity contribution is 5.94. The average Bonchev–Trinajstić information content (AvgIpc) is 3.12. The van der Waals surface area contributed by atoms with Crippen molar-refractivity contribution in [3.8, 4) is 0 Å². The molecule has 8 nitrogen and oxygen atoms in total. The Bertz CT molecular complexity index is 733. The van der Waals surface area contributed by atoms with Crippen LogP contribution in [0.2, 0.25) is 0 Å². The first-order chi connectivity index (χ1) is 11.0. The van der Waals surface area contributed by atoms with Crippen molar-refractivity contribution in [1.82, 2.24) is 20.0 Å². The van der Waals surface area contributed by atoms with E-state index in [0.717, 1.165) is 5.69 Å². The van der Waals surface area contributed by atoms with E-state index in [1.54, 1.807) is 6.07 Å². The second kappa shape index (κ2) is 5.86. The average molecular weight is 318 g/mol. The van der Waals surface area contributed by atoms with E-state index in [1.165, 1.54) is 11.2 Å². The summed E-state index contributed by atoms with van der Waals surface area (Å²) in [6.45, 7) is 4.24. The maximum Gasteiger partial charge on any atom is 0.326 e. The van der Waals surface area contributed by atoms with E-state index in [2.05, 4.69) is 15.1 Å². The van der Waals surface area contributed by atoms with E-state index in [9.17, 15) is 14.7 Å². The number of H-pyrrole nitrogens is 1. The van der Waals surface area contributed by atoms with Crippen LogP contribution >= 0.6 is 0 Å². The molecule has 0 aliphatic carbocycles. The Balaban J connectivity index is 1.85. The highest BCUT2D eigenvalue weighted by Crippen LogP contribution is 2.23. The Morgan fingerprint density at radius 2 is 2.30 bits per heavy atom. The fourth-order valence-corrected chi connectivity index (χ4v) is 2.74. The summed E-state index contributed by atoms with van der Waals surface area (Å²) >= 11 is 0. The minimum Gasteiger partial charge on any atom is -0.480 e. The molecule has 2 aromatic heterocycles. The van der Waals surface area contributed by atoms with Crippen molar-refractivity contribution >= 4 is 11.9 Å². The lowest BCUT2D eigenvalue weighted by Crippen LogP contribution is -2.48. The Hall–Kier alpha value is -2.64. The lowest BCUT2D eigenvalue weighted by Gasteiger charge is -2.31. The summed E-state index contributed by atoms with van der Waals surface area (Å²) in [6, 6.07) is 0.626. The number of hydrogen-bond donors (Lipinski definition) is 2. The molecular formula is C15H18N4O4. The van der Waals surface area contributed by atoms with Gasteiger partial charge >= 0.3 is 5.97 Å². The number of rotatable bonds is 4. The first kappa shape index (κ1) is 15.3. The zero-order valence-corrected chi connectivity index (χ0v) is 12.9. The predicted octanol–water partition coefficient (Wildman–Crippen LogP) is 1.25. The van der Waals surface area contributed by atoms with Gasteiger partial charge in [-0.2, -0.15) is 0 Å². The molecule has 3 rings (SSSR count). The number of aromatic amines is 1. The van der Waals surface area contributed by atoms with Gasteiger partial charge in [0.2, 0.25) is 5.76 Å². The van der Waals surface area contributed by atoms with Gasteiger partial charge in [-0.05, 0) is 12.3 Å². The van der Waals surface area contributed by atoms with Crippen LogP contribution in [0.5, 0.6) is 0 Å². The number of carbonyl (C=O) groups is 2. The van der Waals surface area contributed by atoms with Crippen molar-refractivity contribution in [2.45, 2.75) is 39.3 Å². The molecule has 122 valence electrons. The fourth-order valence-electron chi connectivity index (χ4n) is 2.74. The maximum atomic E-state index is 12.6. The number of hydrogen-bond acceptors (Lipinski definition) is 5. The van der Waals surface area contributed by atoms with Gasteiger partial charge in [-0.15, -0.1) is 0 Å². The summed E-state index contributed by atoms with van der Waals surface area (Å²) in [5.41, 5.74) is 2.12. The van der Waals surface area contributed by atoms with Gasteiger partial charge in [-0.25, -0.2) is 9.78 Å². The fraction of sp³-hybridized carbons (Fsp3) is 0.467. The van der Waals surface area contributed by atoms with Crippen molar-refractivity contribution < 1.29 is 19.2 Å². The van der Waals surface area contributed by atoms with Crippen LogP contribution in [-0.2, 0) is 24.2 Å². The van der Waals surface area contributed by atoms with Crippen LogP contribution in [0.15, 0.2) is 16.9 Å². The molecule has 2 aromatic rings. The summed E-state index contributed by atoms with van der Waals surface area (Å²) in [6.07, 6.45) is 2.38. The summed E-state index contributed by atoms with van der Waals surface area (Å²) in [7, 11) is 0. The highest BCUT2D eigenvalue weighted by Gasteiger charge is 2.37. The van der Waals surface area contributed by atoms with Crippen LogP contribution in [0.1, 0.15) is 41.5 Å². The third-order valence-electron chi connectivity index (χ3n) is 3.83. The molecule has 2 N–H and O–H groups in total. The van der Waals surface area contributed by atoms with Gasteiger partial charge in [0.25, 0.3) is 5.91 Å². The number of amides is 1. The third-order valence-corrected chi connectivity index (χ3v) is 3.83. The van der Waals surface area contributed by atoms with Crippen LogP contribution in [0.4, 0.5) is 0 Å². The van der Waals surface area contributed by atoms with E-state index in [1.807, 2.05) is 13.8 Å². The molecule has 0 bridgehead atoms. The van der Waals surface area contributed by atoms with Gasteiger partial charge in [0.1, 0.15) is 6.04 Å². The largest absolute Gasteiger partial charge is 0.480 e. The van der Waals surface area contributed by atoms with Gasteiger partial charge in [0.15, 0.2) is 0 Å². The van der Waals surface area contributed by atoms with Gasteiger partial charge in [-0.1, -0.05) is 19.0 Å². The molecule has 3 heterocycles. The minimum absolute atomic E-state index is 0.0647. The van der Waals surface area contributed by atoms with E-state index >= 15 is 0 Å². The molecular weight excluding hydrogens is 300 g/mol. The Morgan fingerprint density at radius 1 is 1.52 bits per heavy atom. The molecule has 8 heteroatoms. The number of carboxylic acids is 1. The molecule has 0 saturated heterocycles. The van der Waals surface area contributed by atoms with Crippen molar-refractivity contribution in [2.75, 3.05) is 0 Å². The number of nitrogens with one attached hydrogen (secondary N) is 1. The topological polar surface area (TPSA) is 112 Å². The predicted molar refractivity (Wildman–Crippen MR) is 78.6 cm³/mol. The smallest absolute Gasteiger partial charge is 0.326 e. The Labute approximate surface area is 132 Å². The molecule has 1 aliphatic heterocycles. The molecule has 1 amide bonds. The number of nitrogens with zero attached hydrogens (tertiary/aromatic N) is 3. The SMILES string of the molecule is CC(C)Cc1cc(C(=O)N2Cc3[nH]cnc3C[C@H]2C(=O)O)on1. The molecule has 0 spiro atoms. The van der Waals surface area contributed by atoms with E-state index < -0.39 is 17.9 Å². The van der Waals surface area contributed by atoms with Crippen LogP contribution in [-0.4, -0.2) is 43.0 Å². The number of aromatic nitrogens is 3. The van der Waals surface area contributed by atoms with Crippen LogP contribution in [0.3, 0.4) is 0 Å². The number of carboxylic acid groups (broad SMARTS) is 1. The number of carbonyl (C=O) groups excluding carboxylic acids is 1. The second-order valence-electron chi connectivity index (χ2n) is 6.10. The highest BCUT2D eigenvalue weighted by atomic mass is 16.5. The van der Waals surface area contributed by atoms with Gasteiger partial charge in [0.05, 0.1) is 30.0 Å². The second-order valence-corrected chi connectivity index (χ2v) is 6.10. The summed E-state index contributed by atoms with van der Waals surface area (Å²) in [4.78, 5) is 32.5. The van der Waals surface area contributed by atoms with Crippen molar-refractivity contribution in [2.24, 2.45) is 5.92 Å². The standard InChI is InChI=1S/C15H18N4O4/c1-8(2)3-9-4-13(23-18-9)14(20)19-6-11-10(16-7-17-11)5-12(19)15(21)22/h4,7-8,12H,3,5-6H2,1-2H3,(H,16,17)(H,21,22)/t12-/m0/s1. The molecule has 23 heavy (non-hydrogen) atoms. The normalized spacial score (nSPS) is 17.3. The van der Waals surface area contributed by atoms with Crippen LogP contribution in [0.25, 0.3) is 0 Å². The van der Waals surface area contributed by atoms with Gasteiger partial charge in [0, 0.05) is 12.5 Å². The first-order valence-corrected chi connectivity index (χ1v) is 7.46. The molecule has 1 aliphatic rings. The third kappa shape index (κ3) is 2.96. The number of aliphatic carboxylic acids is 1. The molecule has 0 aromatic carbocycles. The molecule has 0 radical (unpaired) electrons. The first-order valence-electron chi connectivity index (χ1n) is 7.46. The van der Waals surface area contributed by atoms with Crippen LogP contribution in [0, 0.1) is 5.92 Å². The van der Waals surface area contributed by atoms with E-state index in [-0.39, 0.29) is 18.7 Å². The Morgan fingerprint density at radius 3 is 3.00 bits per heavy atom. The summed E-state index contributed by atoms with van der Waals surface area (Å²) in [5, 5.41) is 13.3. The molecule has 1 atom stereocenters. The lowest BCUT2D eigenvalue weighted by atomic mass is 10.0. The zero-order valence-electron chi connectivity index (χ0n) is 12.9. The Kier molecular flexibility index (Phi) is 3.89. The quantitative estimate of drug-likeness (QED) is 0.877. The molecule has 0 unspecified atom stereocenters. The number of imidazole rings is 1. The van der Waals surface area contributed by atoms with E-state index in [0.29, 0.717) is 23.7 Å². The van der Waals surface area contributed by atoms with E-state index in [4.69, 9.17) is 4.52 Å². The van der Waals surface area contributed by atoms with Crippen LogP contribution < -0.4 is 0 Å². The minimum atomic E-state index is -1.06. The van der Waals surface area contributed by atoms with Crippen molar-refractivity contribution in [1.29, 1.82) is 0 Å². The van der Waals surface area contributed by atoms with Crippen molar-refractivity contribution in [3.05, 3.63) is 35.2 Å².